The van der Waals surface area contributed by atoms with Gasteiger partial charge in [0.25, 0.3) is 0 Å². The third kappa shape index (κ3) is 5.03. The number of hydrogen-bond acceptors (Lipinski definition) is 4. The van der Waals surface area contributed by atoms with Gasteiger partial charge in [-0.05, 0) is 41.0 Å². The molecule has 3 rings (SSSR count). The van der Waals surface area contributed by atoms with Crippen LogP contribution in [0.2, 0.25) is 0 Å². The van der Waals surface area contributed by atoms with Gasteiger partial charge in [0, 0.05) is 12.0 Å². The zero-order valence-corrected chi connectivity index (χ0v) is 18.0. The Balaban J connectivity index is 1.50. The molecule has 0 aromatic heterocycles. The number of carbonyl (C=O) groups is 2. The summed E-state index contributed by atoms with van der Waals surface area (Å²) in [6.07, 6.45) is 0.774. The molecule has 0 bridgehead atoms. The van der Waals surface area contributed by atoms with Crippen LogP contribution < -0.4 is 25.6 Å². The van der Waals surface area contributed by atoms with Gasteiger partial charge in [-0.1, -0.05) is 45.0 Å². The van der Waals surface area contributed by atoms with E-state index in [2.05, 4.69) is 61.2 Å². The summed E-state index contributed by atoms with van der Waals surface area (Å²) in [4.78, 5) is 24.5. The number of benzene rings is 2. The maximum Gasteiger partial charge on any atom is 0.338 e. The summed E-state index contributed by atoms with van der Waals surface area (Å²) in [6.45, 7) is 6.52. The molecule has 0 aliphatic heterocycles. The highest BCUT2D eigenvalue weighted by Crippen LogP contribution is 2.47. The zero-order valence-electron chi connectivity index (χ0n) is 18.0. The molecule has 1 aliphatic carbocycles. The maximum atomic E-state index is 12.4. The second kappa shape index (κ2) is 8.65. The van der Waals surface area contributed by atoms with Crippen molar-refractivity contribution in [2.24, 2.45) is 5.92 Å². The van der Waals surface area contributed by atoms with Gasteiger partial charge >= 0.3 is 6.03 Å². The minimum absolute atomic E-state index is 0.0999. The van der Waals surface area contributed by atoms with E-state index in [1.54, 1.807) is 25.3 Å². The van der Waals surface area contributed by atoms with Crippen LogP contribution in [0, 0.1) is 5.92 Å². The molecule has 1 aliphatic rings. The number of anilines is 1. The van der Waals surface area contributed by atoms with Gasteiger partial charge in [0.2, 0.25) is 5.91 Å². The Morgan fingerprint density at radius 1 is 0.967 bits per heavy atom. The number of urea groups is 1. The number of rotatable bonds is 5. The second-order valence-electron chi connectivity index (χ2n) is 8.46. The standard InChI is InChI=1S/C23H29N3O4/c1-23(2,3)15-8-6-14(7-9-15)17-13-18(17)21(27)25-26-22(28)24-19-11-10-16(29-4)12-20(19)30-5/h6-12,17-18H,13H2,1-5H3,(H,25,27)(H2,24,26,28)/t17-,18+/m0/s1. The van der Waals surface area contributed by atoms with E-state index in [0.29, 0.717) is 17.2 Å². The molecule has 3 N–H and O–H groups in total. The fraction of sp³-hybridized carbons (Fsp3) is 0.391. The van der Waals surface area contributed by atoms with Crippen molar-refractivity contribution in [3.05, 3.63) is 53.6 Å². The van der Waals surface area contributed by atoms with Crippen LogP contribution in [0.5, 0.6) is 11.5 Å². The summed E-state index contributed by atoms with van der Waals surface area (Å²) in [5.41, 5.74) is 7.87. The monoisotopic (exact) mass is 411 g/mol. The maximum absolute atomic E-state index is 12.4. The van der Waals surface area contributed by atoms with E-state index in [-0.39, 0.29) is 23.2 Å². The minimum Gasteiger partial charge on any atom is -0.497 e. The van der Waals surface area contributed by atoms with Crippen LogP contribution in [0.15, 0.2) is 42.5 Å². The molecule has 7 nitrogen and oxygen atoms in total. The van der Waals surface area contributed by atoms with E-state index >= 15 is 0 Å². The summed E-state index contributed by atoms with van der Waals surface area (Å²) in [5, 5.41) is 2.65. The van der Waals surface area contributed by atoms with Crippen LogP contribution in [-0.4, -0.2) is 26.2 Å². The minimum atomic E-state index is -0.557. The number of hydrogen-bond donors (Lipinski definition) is 3. The molecular formula is C23H29N3O4. The Labute approximate surface area is 177 Å². The van der Waals surface area contributed by atoms with Gasteiger partial charge in [-0.2, -0.15) is 0 Å². The third-order valence-electron chi connectivity index (χ3n) is 5.29. The smallest absolute Gasteiger partial charge is 0.338 e. The first-order chi connectivity index (χ1) is 14.2. The van der Waals surface area contributed by atoms with Crippen molar-refractivity contribution < 1.29 is 19.1 Å². The molecule has 1 fully saturated rings. The quantitative estimate of drug-likeness (QED) is 0.650. The Kier molecular flexibility index (Phi) is 6.20. The molecular weight excluding hydrogens is 382 g/mol. The van der Waals surface area contributed by atoms with E-state index in [1.807, 2.05) is 0 Å². The number of hydrazine groups is 1. The van der Waals surface area contributed by atoms with Crippen LogP contribution in [0.25, 0.3) is 0 Å². The first-order valence-electron chi connectivity index (χ1n) is 9.92. The molecule has 160 valence electrons. The number of carbonyl (C=O) groups excluding carboxylic acids is 2. The Hall–Kier alpha value is -3.22. The van der Waals surface area contributed by atoms with Crippen molar-refractivity contribution in [3.8, 4) is 11.5 Å². The van der Waals surface area contributed by atoms with Crippen LogP contribution in [-0.2, 0) is 10.2 Å². The molecule has 7 heteroatoms. The van der Waals surface area contributed by atoms with Gasteiger partial charge < -0.3 is 14.8 Å². The molecule has 0 unspecified atom stereocenters. The highest BCUT2D eigenvalue weighted by Gasteiger charge is 2.44. The molecule has 0 saturated heterocycles. The lowest BCUT2D eigenvalue weighted by molar-refractivity contribution is -0.123. The first-order valence-corrected chi connectivity index (χ1v) is 9.92. The molecule has 0 heterocycles. The van der Waals surface area contributed by atoms with Crippen molar-refractivity contribution in [2.45, 2.75) is 38.5 Å². The molecule has 1 saturated carbocycles. The molecule has 3 amide bonds. The van der Waals surface area contributed by atoms with E-state index in [4.69, 9.17) is 9.47 Å². The predicted molar refractivity (Wildman–Crippen MR) is 116 cm³/mol. The van der Waals surface area contributed by atoms with Crippen LogP contribution in [0.4, 0.5) is 10.5 Å². The lowest BCUT2D eigenvalue weighted by Crippen LogP contribution is -2.44. The SMILES string of the molecule is COc1ccc(NC(=O)NNC(=O)[C@@H]2C[C@H]2c2ccc(C(C)(C)C)cc2)c(OC)c1. The summed E-state index contributed by atoms with van der Waals surface area (Å²) in [5.74, 6) is 0.918. The average Bonchev–Trinajstić information content (AvgIpc) is 3.53. The van der Waals surface area contributed by atoms with E-state index in [0.717, 1.165) is 12.0 Å². The van der Waals surface area contributed by atoms with E-state index in [1.165, 1.54) is 12.7 Å². The van der Waals surface area contributed by atoms with Crippen molar-refractivity contribution in [2.75, 3.05) is 19.5 Å². The van der Waals surface area contributed by atoms with E-state index in [9.17, 15) is 9.59 Å². The van der Waals surface area contributed by atoms with Gasteiger partial charge in [-0.3, -0.25) is 10.2 Å². The van der Waals surface area contributed by atoms with Crippen molar-refractivity contribution in [1.29, 1.82) is 0 Å². The van der Waals surface area contributed by atoms with Crippen molar-refractivity contribution in [1.82, 2.24) is 10.9 Å². The fourth-order valence-corrected chi connectivity index (χ4v) is 3.35. The number of nitrogens with one attached hydrogen (secondary N) is 3. The van der Waals surface area contributed by atoms with Crippen LogP contribution in [0.1, 0.15) is 44.2 Å². The van der Waals surface area contributed by atoms with Crippen molar-refractivity contribution >= 4 is 17.6 Å². The highest BCUT2D eigenvalue weighted by molar-refractivity contribution is 5.93. The summed E-state index contributed by atoms with van der Waals surface area (Å²) < 4.78 is 10.4. The summed E-state index contributed by atoms with van der Waals surface area (Å²) in [6, 6.07) is 12.9. The van der Waals surface area contributed by atoms with Gasteiger partial charge in [-0.15, -0.1) is 0 Å². The molecule has 0 spiro atoms. The van der Waals surface area contributed by atoms with Gasteiger partial charge in [-0.25, -0.2) is 10.2 Å². The first kappa shape index (κ1) is 21.5. The lowest BCUT2D eigenvalue weighted by atomic mass is 9.86. The normalized spacial score (nSPS) is 17.6. The fourth-order valence-electron chi connectivity index (χ4n) is 3.35. The molecule has 30 heavy (non-hydrogen) atoms. The second-order valence-corrected chi connectivity index (χ2v) is 8.46. The average molecular weight is 412 g/mol. The largest absolute Gasteiger partial charge is 0.497 e. The Bertz CT molecular complexity index is 919. The third-order valence-corrected chi connectivity index (χ3v) is 5.29. The summed E-state index contributed by atoms with van der Waals surface area (Å²) >= 11 is 0. The summed E-state index contributed by atoms with van der Waals surface area (Å²) in [7, 11) is 3.05. The number of methoxy groups -OCH3 is 2. The lowest BCUT2D eigenvalue weighted by Gasteiger charge is -2.19. The van der Waals surface area contributed by atoms with Gasteiger partial charge in [0.1, 0.15) is 11.5 Å². The predicted octanol–water partition coefficient (Wildman–Crippen LogP) is 3.96. The van der Waals surface area contributed by atoms with Crippen LogP contribution in [0.3, 0.4) is 0 Å². The number of amides is 3. The molecule has 0 radical (unpaired) electrons. The Morgan fingerprint density at radius 2 is 1.67 bits per heavy atom. The molecule has 2 aromatic rings. The van der Waals surface area contributed by atoms with Crippen LogP contribution >= 0.6 is 0 Å². The number of ether oxygens (including phenoxy) is 2. The van der Waals surface area contributed by atoms with Gasteiger partial charge in [0.05, 0.1) is 19.9 Å². The molecule has 2 atom stereocenters. The van der Waals surface area contributed by atoms with E-state index < -0.39 is 6.03 Å². The molecule has 2 aromatic carbocycles. The Morgan fingerprint density at radius 3 is 2.27 bits per heavy atom. The topological polar surface area (TPSA) is 88.7 Å². The van der Waals surface area contributed by atoms with Gasteiger partial charge in [0.15, 0.2) is 0 Å². The highest BCUT2D eigenvalue weighted by atomic mass is 16.5. The zero-order chi connectivity index (χ0) is 21.9. The van der Waals surface area contributed by atoms with Crippen molar-refractivity contribution in [3.63, 3.8) is 0 Å².